The number of rotatable bonds is 5. The molecule has 102 valence electrons. The van der Waals surface area contributed by atoms with Crippen molar-refractivity contribution in [2.24, 2.45) is 0 Å². The van der Waals surface area contributed by atoms with Gasteiger partial charge in [0.25, 0.3) is 0 Å². The predicted octanol–water partition coefficient (Wildman–Crippen LogP) is 5.76. The third-order valence-corrected chi connectivity index (χ3v) is 5.45. The SMILES string of the molecule is CCc1ccc(CC)c(C(Cl)c2ccc(CC)s2)c1. The molecule has 0 spiro atoms. The lowest BCUT2D eigenvalue weighted by Crippen LogP contribution is -1.98. The Morgan fingerprint density at radius 3 is 2.37 bits per heavy atom. The van der Waals surface area contributed by atoms with Crippen LogP contribution in [0.1, 0.15) is 52.6 Å². The molecular formula is C17H21ClS. The van der Waals surface area contributed by atoms with Gasteiger partial charge in [0, 0.05) is 9.75 Å². The zero-order valence-electron chi connectivity index (χ0n) is 11.9. The Morgan fingerprint density at radius 2 is 1.79 bits per heavy atom. The third kappa shape index (κ3) is 3.21. The lowest BCUT2D eigenvalue weighted by Gasteiger charge is -2.14. The van der Waals surface area contributed by atoms with E-state index in [2.05, 4.69) is 51.1 Å². The molecule has 2 heteroatoms. The first-order valence-corrected chi connectivity index (χ1v) is 8.29. The Kier molecular flexibility index (Phi) is 5.06. The Balaban J connectivity index is 2.38. The maximum Gasteiger partial charge on any atom is 0.0930 e. The summed E-state index contributed by atoms with van der Waals surface area (Å²) in [6, 6.07) is 11.1. The van der Waals surface area contributed by atoms with Crippen LogP contribution in [0.2, 0.25) is 0 Å². The van der Waals surface area contributed by atoms with Crippen molar-refractivity contribution in [3.05, 3.63) is 56.8 Å². The lowest BCUT2D eigenvalue weighted by molar-refractivity contribution is 1.03. The second-order valence-electron chi connectivity index (χ2n) is 4.76. The molecule has 0 N–H and O–H groups in total. The fraction of sp³-hybridized carbons (Fsp3) is 0.412. The van der Waals surface area contributed by atoms with Crippen LogP contribution in [0.4, 0.5) is 0 Å². The van der Waals surface area contributed by atoms with Crippen molar-refractivity contribution in [3.8, 4) is 0 Å². The first kappa shape index (κ1) is 14.6. The molecule has 1 aromatic heterocycles. The molecule has 1 aromatic carbocycles. The number of aryl methyl sites for hydroxylation is 3. The van der Waals surface area contributed by atoms with Crippen molar-refractivity contribution >= 4 is 22.9 Å². The highest BCUT2D eigenvalue weighted by molar-refractivity contribution is 7.12. The van der Waals surface area contributed by atoms with Crippen LogP contribution in [0.5, 0.6) is 0 Å². The second-order valence-corrected chi connectivity index (χ2v) is 6.40. The van der Waals surface area contributed by atoms with Crippen molar-refractivity contribution in [3.63, 3.8) is 0 Å². The van der Waals surface area contributed by atoms with E-state index < -0.39 is 0 Å². The maximum atomic E-state index is 6.73. The molecule has 19 heavy (non-hydrogen) atoms. The van der Waals surface area contributed by atoms with Gasteiger partial charge in [0.15, 0.2) is 0 Å². The Morgan fingerprint density at radius 1 is 1.00 bits per heavy atom. The summed E-state index contributed by atoms with van der Waals surface area (Å²) in [4.78, 5) is 2.67. The Hall–Kier alpha value is -0.790. The number of thiophene rings is 1. The predicted molar refractivity (Wildman–Crippen MR) is 86.6 cm³/mol. The molecule has 0 saturated heterocycles. The third-order valence-electron chi connectivity index (χ3n) is 3.55. The quantitative estimate of drug-likeness (QED) is 0.614. The lowest BCUT2D eigenvalue weighted by atomic mass is 9.97. The van der Waals surface area contributed by atoms with E-state index in [1.54, 1.807) is 0 Å². The summed E-state index contributed by atoms with van der Waals surface area (Å²) < 4.78 is 0. The first-order chi connectivity index (χ1) is 9.19. The highest BCUT2D eigenvalue weighted by Crippen LogP contribution is 2.36. The number of benzene rings is 1. The number of halogens is 1. The van der Waals surface area contributed by atoms with Gasteiger partial charge in [-0.2, -0.15) is 0 Å². The molecule has 1 heterocycles. The van der Waals surface area contributed by atoms with Gasteiger partial charge in [-0.1, -0.05) is 39.0 Å². The van der Waals surface area contributed by atoms with E-state index in [1.807, 2.05) is 11.3 Å². The van der Waals surface area contributed by atoms with Gasteiger partial charge in [-0.05, 0) is 48.1 Å². The molecule has 1 unspecified atom stereocenters. The van der Waals surface area contributed by atoms with Crippen molar-refractivity contribution < 1.29 is 0 Å². The monoisotopic (exact) mass is 292 g/mol. The Labute approximate surface area is 125 Å². The van der Waals surface area contributed by atoms with E-state index in [9.17, 15) is 0 Å². The van der Waals surface area contributed by atoms with Crippen LogP contribution in [0, 0.1) is 0 Å². The highest BCUT2D eigenvalue weighted by Gasteiger charge is 2.16. The molecule has 0 aliphatic rings. The summed E-state index contributed by atoms with van der Waals surface area (Å²) in [6.07, 6.45) is 3.18. The zero-order valence-corrected chi connectivity index (χ0v) is 13.4. The van der Waals surface area contributed by atoms with Gasteiger partial charge in [-0.25, -0.2) is 0 Å². The fourth-order valence-electron chi connectivity index (χ4n) is 2.30. The van der Waals surface area contributed by atoms with E-state index in [0.717, 1.165) is 19.3 Å². The van der Waals surface area contributed by atoms with Gasteiger partial charge in [0.2, 0.25) is 0 Å². The van der Waals surface area contributed by atoms with E-state index in [-0.39, 0.29) is 5.38 Å². The minimum atomic E-state index is -0.00764. The molecular weight excluding hydrogens is 272 g/mol. The molecule has 2 aromatic rings. The number of hydrogen-bond acceptors (Lipinski definition) is 1. The zero-order chi connectivity index (χ0) is 13.8. The van der Waals surface area contributed by atoms with Crippen molar-refractivity contribution in [2.45, 2.75) is 45.4 Å². The van der Waals surface area contributed by atoms with Gasteiger partial charge in [-0.15, -0.1) is 22.9 Å². The largest absolute Gasteiger partial charge is 0.143 e. The average Bonchev–Trinajstić information content (AvgIpc) is 2.94. The molecule has 0 fully saturated rings. The second kappa shape index (κ2) is 6.58. The van der Waals surface area contributed by atoms with Crippen LogP contribution in [-0.2, 0) is 19.3 Å². The Bertz CT molecular complexity index is 542. The molecule has 0 amide bonds. The van der Waals surface area contributed by atoms with Gasteiger partial charge in [-0.3, -0.25) is 0 Å². The highest BCUT2D eigenvalue weighted by atomic mass is 35.5. The minimum absolute atomic E-state index is 0.00764. The van der Waals surface area contributed by atoms with Gasteiger partial charge >= 0.3 is 0 Å². The summed E-state index contributed by atoms with van der Waals surface area (Å²) in [7, 11) is 0. The van der Waals surface area contributed by atoms with Crippen LogP contribution in [-0.4, -0.2) is 0 Å². The van der Waals surface area contributed by atoms with Crippen LogP contribution in [0.25, 0.3) is 0 Å². The first-order valence-electron chi connectivity index (χ1n) is 7.03. The molecule has 0 aliphatic heterocycles. The summed E-state index contributed by atoms with van der Waals surface area (Å²) in [6.45, 7) is 6.57. The summed E-state index contributed by atoms with van der Waals surface area (Å²) in [5, 5.41) is -0.00764. The molecule has 0 bridgehead atoms. The molecule has 0 nitrogen and oxygen atoms in total. The molecule has 0 saturated carbocycles. The maximum absolute atomic E-state index is 6.73. The summed E-state index contributed by atoms with van der Waals surface area (Å²) in [5.74, 6) is 0. The van der Waals surface area contributed by atoms with Crippen LogP contribution in [0.3, 0.4) is 0 Å². The normalized spacial score (nSPS) is 12.6. The molecule has 0 radical (unpaired) electrons. The fourth-order valence-corrected chi connectivity index (χ4v) is 3.66. The van der Waals surface area contributed by atoms with Crippen LogP contribution < -0.4 is 0 Å². The molecule has 2 rings (SSSR count). The van der Waals surface area contributed by atoms with Gasteiger partial charge < -0.3 is 0 Å². The number of alkyl halides is 1. The summed E-state index contributed by atoms with van der Waals surface area (Å²) >= 11 is 8.56. The van der Waals surface area contributed by atoms with Crippen molar-refractivity contribution in [1.29, 1.82) is 0 Å². The van der Waals surface area contributed by atoms with Gasteiger partial charge in [0.05, 0.1) is 5.38 Å². The summed E-state index contributed by atoms with van der Waals surface area (Å²) in [5.41, 5.74) is 4.02. The molecule has 1 atom stereocenters. The smallest absolute Gasteiger partial charge is 0.0930 e. The van der Waals surface area contributed by atoms with E-state index in [0.29, 0.717) is 0 Å². The van der Waals surface area contributed by atoms with E-state index >= 15 is 0 Å². The van der Waals surface area contributed by atoms with Crippen LogP contribution in [0.15, 0.2) is 30.3 Å². The van der Waals surface area contributed by atoms with Crippen LogP contribution >= 0.6 is 22.9 Å². The van der Waals surface area contributed by atoms with Crippen molar-refractivity contribution in [2.75, 3.05) is 0 Å². The van der Waals surface area contributed by atoms with Crippen molar-refractivity contribution in [1.82, 2.24) is 0 Å². The van der Waals surface area contributed by atoms with E-state index in [1.165, 1.54) is 26.4 Å². The number of hydrogen-bond donors (Lipinski definition) is 0. The molecule has 0 aliphatic carbocycles. The van der Waals surface area contributed by atoms with E-state index in [4.69, 9.17) is 11.6 Å². The average molecular weight is 293 g/mol. The van der Waals surface area contributed by atoms with Gasteiger partial charge in [0.1, 0.15) is 0 Å². The minimum Gasteiger partial charge on any atom is -0.143 e. The topological polar surface area (TPSA) is 0 Å². The standard InChI is InChI=1S/C17H21ClS/c1-4-12-7-8-13(5-2)15(11-12)17(18)16-10-9-14(6-3)19-16/h7-11,17H,4-6H2,1-3H3.